The highest BCUT2D eigenvalue weighted by Gasteiger charge is 1.87. The summed E-state index contributed by atoms with van der Waals surface area (Å²) in [6.45, 7) is 0. The number of rotatable bonds is 0. The highest BCUT2D eigenvalue weighted by atomic mass is 13.9. The highest BCUT2D eigenvalue weighted by molar-refractivity contribution is 4.91. The molecule has 0 spiro atoms. The zero-order valence-corrected chi connectivity index (χ0v) is 7.13. The quantitative estimate of drug-likeness (QED) is 0.461. The van der Waals surface area contributed by atoms with E-state index in [1.165, 1.54) is 32.1 Å². The van der Waals surface area contributed by atoms with Crippen molar-refractivity contribution in [2.45, 2.75) is 38.5 Å². The van der Waals surface area contributed by atoms with E-state index in [0.717, 1.165) is 6.42 Å². The van der Waals surface area contributed by atoms with Crippen molar-refractivity contribution >= 4 is 0 Å². The minimum absolute atomic E-state index is 1.16. The lowest BCUT2D eigenvalue weighted by atomic mass is 10.2. The standard InChI is InChI=1S/C11H17/c1-2-4-6-8-10-11-9-7-5-3-1/h1-2,5,10-11H,3-4,6-9H2/b2-1+,11-10+. The van der Waals surface area contributed by atoms with Crippen LogP contribution in [0.5, 0.6) is 0 Å². The molecule has 0 heterocycles. The second-order valence-corrected chi connectivity index (χ2v) is 2.98. The van der Waals surface area contributed by atoms with Crippen LogP contribution in [-0.4, -0.2) is 0 Å². The van der Waals surface area contributed by atoms with E-state index in [9.17, 15) is 0 Å². The smallest absolute Gasteiger partial charge is 0.0319 e. The molecular weight excluding hydrogens is 132 g/mol. The zero-order valence-electron chi connectivity index (χ0n) is 7.13. The van der Waals surface area contributed by atoms with Crippen LogP contribution in [0.25, 0.3) is 0 Å². The largest absolute Gasteiger partial charge is 0.0885 e. The summed E-state index contributed by atoms with van der Waals surface area (Å²) in [5.41, 5.74) is 0. The summed E-state index contributed by atoms with van der Waals surface area (Å²) < 4.78 is 0. The summed E-state index contributed by atoms with van der Waals surface area (Å²) in [5, 5.41) is 0. The molecule has 0 atom stereocenters. The number of hydrogen-bond acceptors (Lipinski definition) is 0. The van der Waals surface area contributed by atoms with Gasteiger partial charge in [0.15, 0.2) is 0 Å². The fourth-order valence-electron chi connectivity index (χ4n) is 1.23. The molecule has 61 valence electrons. The molecule has 0 unspecified atom stereocenters. The van der Waals surface area contributed by atoms with E-state index in [1.54, 1.807) is 0 Å². The molecule has 1 aliphatic rings. The van der Waals surface area contributed by atoms with E-state index in [-0.39, 0.29) is 0 Å². The van der Waals surface area contributed by atoms with Gasteiger partial charge in [-0.25, -0.2) is 0 Å². The van der Waals surface area contributed by atoms with Gasteiger partial charge in [-0.1, -0.05) is 24.3 Å². The fourth-order valence-corrected chi connectivity index (χ4v) is 1.23. The van der Waals surface area contributed by atoms with Crippen molar-refractivity contribution in [1.29, 1.82) is 0 Å². The van der Waals surface area contributed by atoms with Gasteiger partial charge in [0.2, 0.25) is 0 Å². The van der Waals surface area contributed by atoms with E-state index in [1.807, 2.05) is 0 Å². The van der Waals surface area contributed by atoms with Crippen LogP contribution < -0.4 is 0 Å². The number of allylic oxidation sites excluding steroid dienone is 4. The SMILES string of the molecule is [CH]1C/C=C/CCC/C=C/CC1. The Bertz CT molecular complexity index is 115. The molecule has 0 saturated heterocycles. The molecule has 0 aromatic carbocycles. The average Bonchev–Trinajstić information content (AvgIpc) is 2.08. The summed E-state index contributed by atoms with van der Waals surface area (Å²) in [5.74, 6) is 0. The fraction of sp³-hybridized carbons (Fsp3) is 0.545. The molecule has 0 fully saturated rings. The van der Waals surface area contributed by atoms with Gasteiger partial charge in [-0.05, 0) is 44.9 Å². The first kappa shape index (κ1) is 8.58. The Labute approximate surface area is 70.0 Å². The molecule has 11 heavy (non-hydrogen) atoms. The molecule has 0 aromatic rings. The van der Waals surface area contributed by atoms with Gasteiger partial charge >= 0.3 is 0 Å². The monoisotopic (exact) mass is 149 g/mol. The summed E-state index contributed by atoms with van der Waals surface area (Å²) in [6.07, 6.45) is 19.0. The van der Waals surface area contributed by atoms with E-state index in [4.69, 9.17) is 0 Å². The Morgan fingerprint density at radius 2 is 1.36 bits per heavy atom. The van der Waals surface area contributed by atoms with Gasteiger partial charge in [0, 0.05) is 0 Å². The van der Waals surface area contributed by atoms with Crippen molar-refractivity contribution in [2.24, 2.45) is 0 Å². The van der Waals surface area contributed by atoms with Crippen LogP contribution in [0, 0.1) is 6.42 Å². The molecular formula is C11H17. The molecule has 0 nitrogen and oxygen atoms in total. The minimum Gasteiger partial charge on any atom is -0.0885 e. The van der Waals surface area contributed by atoms with Crippen molar-refractivity contribution in [2.75, 3.05) is 0 Å². The van der Waals surface area contributed by atoms with E-state index in [2.05, 4.69) is 30.7 Å². The lowest BCUT2D eigenvalue weighted by molar-refractivity contribution is 0.864. The maximum absolute atomic E-state index is 2.35. The van der Waals surface area contributed by atoms with Crippen LogP contribution in [0.4, 0.5) is 0 Å². The Morgan fingerprint density at radius 1 is 0.636 bits per heavy atom. The van der Waals surface area contributed by atoms with E-state index >= 15 is 0 Å². The Balaban J connectivity index is 2.22. The van der Waals surface area contributed by atoms with Gasteiger partial charge in [0.25, 0.3) is 0 Å². The van der Waals surface area contributed by atoms with Gasteiger partial charge in [0.1, 0.15) is 0 Å². The first-order valence-corrected chi connectivity index (χ1v) is 4.62. The van der Waals surface area contributed by atoms with Crippen LogP contribution in [0.1, 0.15) is 38.5 Å². The van der Waals surface area contributed by atoms with E-state index < -0.39 is 0 Å². The third kappa shape index (κ3) is 4.83. The summed E-state index contributed by atoms with van der Waals surface area (Å²) in [7, 11) is 0. The van der Waals surface area contributed by atoms with Gasteiger partial charge in [-0.2, -0.15) is 0 Å². The third-order valence-electron chi connectivity index (χ3n) is 1.92. The summed E-state index contributed by atoms with van der Waals surface area (Å²) in [6, 6.07) is 0. The topological polar surface area (TPSA) is 0 Å². The van der Waals surface area contributed by atoms with Crippen LogP contribution in [0.2, 0.25) is 0 Å². The van der Waals surface area contributed by atoms with Crippen molar-refractivity contribution < 1.29 is 0 Å². The second-order valence-electron chi connectivity index (χ2n) is 2.98. The predicted molar refractivity (Wildman–Crippen MR) is 50.3 cm³/mol. The van der Waals surface area contributed by atoms with Gasteiger partial charge in [0.05, 0.1) is 0 Å². The lowest BCUT2D eigenvalue weighted by Gasteiger charge is -1.90. The van der Waals surface area contributed by atoms with Crippen LogP contribution in [-0.2, 0) is 0 Å². The van der Waals surface area contributed by atoms with Crippen LogP contribution in [0.15, 0.2) is 24.3 Å². The molecule has 0 N–H and O–H groups in total. The summed E-state index contributed by atoms with van der Waals surface area (Å²) in [4.78, 5) is 0. The minimum atomic E-state index is 1.16. The average molecular weight is 149 g/mol. The zero-order chi connectivity index (χ0) is 7.78. The predicted octanol–water partition coefficient (Wildman–Crippen LogP) is 3.66. The molecule has 0 amide bonds. The molecule has 0 aromatic heterocycles. The first-order chi connectivity index (χ1) is 5.50. The second kappa shape index (κ2) is 6.21. The van der Waals surface area contributed by atoms with Crippen LogP contribution >= 0.6 is 0 Å². The van der Waals surface area contributed by atoms with Gasteiger partial charge in [-0.3, -0.25) is 0 Å². The normalized spacial score (nSPS) is 26.9. The molecule has 0 heteroatoms. The molecule has 0 aliphatic heterocycles. The molecule has 1 aliphatic carbocycles. The third-order valence-corrected chi connectivity index (χ3v) is 1.92. The van der Waals surface area contributed by atoms with Crippen LogP contribution in [0.3, 0.4) is 0 Å². The Morgan fingerprint density at radius 3 is 2.27 bits per heavy atom. The summed E-state index contributed by atoms with van der Waals surface area (Å²) >= 11 is 0. The Hall–Kier alpha value is -0.520. The maximum atomic E-state index is 2.35. The lowest BCUT2D eigenvalue weighted by Crippen LogP contribution is -1.72. The highest BCUT2D eigenvalue weighted by Crippen LogP contribution is 2.06. The maximum Gasteiger partial charge on any atom is -0.0319 e. The van der Waals surface area contributed by atoms with Crippen molar-refractivity contribution in [3.8, 4) is 0 Å². The number of hydrogen-bond donors (Lipinski definition) is 0. The van der Waals surface area contributed by atoms with Gasteiger partial charge in [-0.15, -0.1) is 0 Å². The Kier molecular flexibility index (Phi) is 4.84. The van der Waals surface area contributed by atoms with Crippen molar-refractivity contribution in [3.63, 3.8) is 0 Å². The van der Waals surface area contributed by atoms with E-state index in [0.29, 0.717) is 0 Å². The van der Waals surface area contributed by atoms with Crippen molar-refractivity contribution in [1.82, 2.24) is 0 Å². The molecule has 1 rings (SSSR count). The molecule has 1 radical (unpaired) electrons. The molecule has 0 saturated carbocycles. The first-order valence-electron chi connectivity index (χ1n) is 4.62. The van der Waals surface area contributed by atoms with Crippen molar-refractivity contribution in [3.05, 3.63) is 30.7 Å². The molecule has 0 bridgehead atoms. The van der Waals surface area contributed by atoms with Gasteiger partial charge < -0.3 is 0 Å².